The van der Waals surface area contributed by atoms with Gasteiger partial charge in [0, 0.05) is 18.7 Å². The van der Waals surface area contributed by atoms with E-state index in [2.05, 4.69) is 12.2 Å². The van der Waals surface area contributed by atoms with Gasteiger partial charge in [0.2, 0.25) is 0 Å². The molecule has 1 aromatic rings. The number of nitrogen functional groups attached to an aromatic ring is 1. The molecule has 0 amide bonds. The van der Waals surface area contributed by atoms with Crippen molar-refractivity contribution in [3.63, 3.8) is 0 Å². The lowest BCUT2D eigenvalue weighted by atomic mass is 10.0. The third-order valence-corrected chi connectivity index (χ3v) is 3.68. The number of halogens is 1. The Morgan fingerprint density at radius 1 is 1.47 bits per heavy atom. The molecule has 1 aromatic carbocycles. The normalized spacial score (nSPS) is 16.6. The number of methoxy groups -OCH3 is 1. The van der Waals surface area contributed by atoms with Crippen LogP contribution >= 0.6 is 0 Å². The molecule has 3 N–H and O–H groups in total. The first kappa shape index (κ1) is 12.0. The van der Waals surface area contributed by atoms with Crippen LogP contribution in [0.4, 0.5) is 15.8 Å². The van der Waals surface area contributed by atoms with Crippen molar-refractivity contribution in [2.45, 2.75) is 26.2 Å². The van der Waals surface area contributed by atoms with Gasteiger partial charge in [-0.15, -0.1) is 0 Å². The number of nitrogens with one attached hydrogen (secondary N) is 1. The minimum absolute atomic E-state index is 0.225. The zero-order valence-electron chi connectivity index (χ0n) is 10.3. The molecule has 0 aliphatic heterocycles. The van der Waals surface area contributed by atoms with E-state index in [4.69, 9.17) is 10.5 Å². The van der Waals surface area contributed by atoms with Crippen molar-refractivity contribution >= 4 is 11.4 Å². The van der Waals surface area contributed by atoms with Crippen LogP contribution in [-0.2, 0) is 0 Å². The Hall–Kier alpha value is -1.45. The van der Waals surface area contributed by atoms with Crippen LogP contribution in [0.3, 0.4) is 0 Å². The summed E-state index contributed by atoms with van der Waals surface area (Å²) in [5.74, 6) is -0.199. The van der Waals surface area contributed by atoms with Crippen molar-refractivity contribution in [1.29, 1.82) is 0 Å². The first-order valence-corrected chi connectivity index (χ1v) is 5.97. The smallest absolute Gasteiger partial charge is 0.167 e. The van der Waals surface area contributed by atoms with Crippen LogP contribution in [0.1, 0.15) is 26.2 Å². The van der Waals surface area contributed by atoms with Crippen LogP contribution in [-0.4, -0.2) is 13.7 Å². The maximum atomic E-state index is 13.4. The van der Waals surface area contributed by atoms with Gasteiger partial charge in [-0.3, -0.25) is 0 Å². The number of ether oxygens (including phenoxy) is 1. The lowest BCUT2D eigenvalue weighted by Crippen LogP contribution is -2.15. The van der Waals surface area contributed by atoms with Gasteiger partial charge in [0.25, 0.3) is 0 Å². The van der Waals surface area contributed by atoms with Gasteiger partial charge in [-0.05, 0) is 24.7 Å². The Morgan fingerprint density at radius 2 is 2.18 bits per heavy atom. The molecule has 0 aromatic heterocycles. The Labute approximate surface area is 101 Å². The summed E-state index contributed by atoms with van der Waals surface area (Å²) >= 11 is 0. The number of hydrogen-bond acceptors (Lipinski definition) is 3. The summed E-state index contributed by atoms with van der Waals surface area (Å²) < 4.78 is 18.3. The van der Waals surface area contributed by atoms with Crippen LogP contribution in [0.5, 0.6) is 5.75 Å². The summed E-state index contributed by atoms with van der Waals surface area (Å²) in [5, 5.41) is 3.30. The second-order valence-electron chi connectivity index (χ2n) is 4.78. The summed E-state index contributed by atoms with van der Waals surface area (Å²) in [6, 6.07) is 2.92. The lowest BCUT2D eigenvalue weighted by molar-refractivity contribution is 0.387. The van der Waals surface area contributed by atoms with Gasteiger partial charge in [-0.2, -0.15) is 0 Å². The topological polar surface area (TPSA) is 47.3 Å². The molecule has 0 atom stereocenters. The molecule has 1 aliphatic rings. The molecular formula is C13H19FN2O. The molecule has 1 saturated carbocycles. The third kappa shape index (κ3) is 2.46. The Balaban J connectivity index is 2.10. The van der Waals surface area contributed by atoms with Crippen LogP contribution in [0.15, 0.2) is 12.1 Å². The van der Waals surface area contributed by atoms with Crippen molar-refractivity contribution in [2.24, 2.45) is 5.41 Å². The summed E-state index contributed by atoms with van der Waals surface area (Å²) in [7, 11) is 1.45. The fourth-order valence-electron chi connectivity index (χ4n) is 1.99. The van der Waals surface area contributed by atoms with Gasteiger partial charge < -0.3 is 15.8 Å². The number of benzene rings is 1. The minimum atomic E-state index is -0.424. The second-order valence-corrected chi connectivity index (χ2v) is 4.78. The highest BCUT2D eigenvalue weighted by Gasteiger charge is 2.40. The fourth-order valence-corrected chi connectivity index (χ4v) is 1.99. The number of hydrogen-bond donors (Lipinski definition) is 2. The largest absolute Gasteiger partial charge is 0.494 e. The van der Waals surface area contributed by atoms with Gasteiger partial charge in [-0.1, -0.05) is 6.92 Å². The molecule has 94 valence electrons. The number of nitrogens with two attached hydrogens (primary N) is 1. The van der Waals surface area contributed by atoms with Gasteiger partial charge in [0.1, 0.15) is 0 Å². The highest BCUT2D eigenvalue weighted by molar-refractivity contribution is 5.68. The second kappa shape index (κ2) is 4.43. The molecular weight excluding hydrogens is 219 g/mol. The van der Waals surface area contributed by atoms with Crippen molar-refractivity contribution < 1.29 is 9.13 Å². The summed E-state index contributed by atoms with van der Waals surface area (Å²) in [5.41, 5.74) is 7.38. The van der Waals surface area contributed by atoms with Gasteiger partial charge in [0.15, 0.2) is 11.6 Å². The zero-order valence-corrected chi connectivity index (χ0v) is 10.3. The van der Waals surface area contributed by atoms with E-state index in [0.29, 0.717) is 11.1 Å². The zero-order chi connectivity index (χ0) is 12.5. The van der Waals surface area contributed by atoms with E-state index >= 15 is 0 Å². The molecule has 0 saturated heterocycles. The molecule has 0 spiro atoms. The molecule has 1 aliphatic carbocycles. The minimum Gasteiger partial charge on any atom is -0.494 e. The van der Waals surface area contributed by atoms with Crippen molar-refractivity contribution in [1.82, 2.24) is 0 Å². The standard InChI is InChI=1S/C13H19FN2O/c1-3-13(4-5-13)8-16-11-7-12(17-2)9(14)6-10(11)15/h6-7,16H,3-5,8,15H2,1-2H3. The van der Waals surface area contributed by atoms with E-state index in [1.54, 1.807) is 6.07 Å². The van der Waals surface area contributed by atoms with Crippen molar-refractivity contribution in [3.8, 4) is 5.75 Å². The average molecular weight is 238 g/mol. The van der Waals surface area contributed by atoms with Crippen molar-refractivity contribution in [2.75, 3.05) is 24.7 Å². The molecule has 0 heterocycles. The maximum Gasteiger partial charge on any atom is 0.167 e. The molecule has 3 nitrogen and oxygen atoms in total. The van der Waals surface area contributed by atoms with Crippen LogP contribution in [0.2, 0.25) is 0 Å². The highest BCUT2D eigenvalue weighted by atomic mass is 19.1. The first-order valence-electron chi connectivity index (χ1n) is 5.97. The number of rotatable bonds is 5. The van der Waals surface area contributed by atoms with Gasteiger partial charge >= 0.3 is 0 Å². The molecule has 17 heavy (non-hydrogen) atoms. The fraction of sp³-hybridized carbons (Fsp3) is 0.538. The summed E-state index contributed by atoms with van der Waals surface area (Å²) in [4.78, 5) is 0. The summed E-state index contributed by atoms with van der Waals surface area (Å²) in [6.45, 7) is 3.09. The molecule has 0 bridgehead atoms. The van der Waals surface area contributed by atoms with Crippen LogP contribution in [0.25, 0.3) is 0 Å². The highest BCUT2D eigenvalue weighted by Crippen LogP contribution is 2.48. The Kier molecular flexibility index (Phi) is 3.13. The van der Waals surface area contributed by atoms with Crippen LogP contribution in [0, 0.1) is 11.2 Å². The van der Waals surface area contributed by atoms with Gasteiger partial charge in [-0.25, -0.2) is 4.39 Å². The van der Waals surface area contributed by atoms with E-state index < -0.39 is 5.82 Å². The summed E-state index contributed by atoms with van der Waals surface area (Å²) in [6.07, 6.45) is 3.68. The van der Waals surface area contributed by atoms with Crippen LogP contribution < -0.4 is 15.8 Å². The maximum absolute atomic E-state index is 13.4. The Morgan fingerprint density at radius 3 is 2.71 bits per heavy atom. The van der Waals surface area contributed by atoms with E-state index in [9.17, 15) is 4.39 Å². The molecule has 0 unspecified atom stereocenters. The first-order chi connectivity index (χ1) is 8.10. The predicted octanol–water partition coefficient (Wildman–Crippen LogP) is 3.02. The average Bonchev–Trinajstić information content (AvgIpc) is 3.09. The van der Waals surface area contributed by atoms with E-state index in [-0.39, 0.29) is 5.75 Å². The third-order valence-electron chi connectivity index (χ3n) is 3.68. The number of anilines is 2. The Bertz CT molecular complexity index is 416. The van der Waals surface area contributed by atoms with E-state index in [1.165, 1.54) is 26.0 Å². The molecule has 1 fully saturated rings. The van der Waals surface area contributed by atoms with E-state index in [1.807, 2.05) is 0 Å². The van der Waals surface area contributed by atoms with Gasteiger partial charge in [0.05, 0.1) is 18.5 Å². The van der Waals surface area contributed by atoms with Crippen molar-refractivity contribution in [3.05, 3.63) is 17.9 Å². The quantitative estimate of drug-likeness (QED) is 0.775. The molecule has 0 radical (unpaired) electrons. The predicted molar refractivity (Wildman–Crippen MR) is 67.8 cm³/mol. The lowest BCUT2D eigenvalue weighted by Gasteiger charge is -2.16. The molecule has 2 rings (SSSR count). The SMILES string of the molecule is CCC1(CNc2cc(OC)c(F)cc2N)CC1. The van der Waals surface area contributed by atoms with E-state index in [0.717, 1.165) is 18.7 Å². The molecule has 4 heteroatoms. The monoisotopic (exact) mass is 238 g/mol.